The van der Waals surface area contributed by atoms with Crippen molar-refractivity contribution in [1.29, 1.82) is 0 Å². The monoisotopic (exact) mass is 302 g/mol. The zero-order valence-electron chi connectivity index (χ0n) is 12.5. The summed E-state index contributed by atoms with van der Waals surface area (Å²) in [5.41, 5.74) is 1.01. The predicted octanol–water partition coefficient (Wildman–Crippen LogP) is 1.89. The summed E-state index contributed by atoms with van der Waals surface area (Å²) in [5, 5.41) is 0. The Kier molecular flexibility index (Phi) is 5.35. The Morgan fingerprint density at radius 3 is 2.45 bits per heavy atom. The van der Waals surface area contributed by atoms with Crippen molar-refractivity contribution in [3.05, 3.63) is 17.0 Å². The lowest BCUT2D eigenvalue weighted by Crippen LogP contribution is -2.32. The molecule has 1 heterocycles. The highest BCUT2D eigenvalue weighted by molar-refractivity contribution is 7.89. The van der Waals surface area contributed by atoms with E-state index in [1.807, 2.05) is 6.92 Å². The quantitative estimate of drug-likeness (QED) is 0.785. The molecule has 0 aromatic carbocycles. The van der Waals surface area contributed by atoms with Crippen LogP contribution in [0.5, 0.6) is 0 Å². The van der Waals surface area contributed by atoms with Crippen LogP contribution in [0.3, 0.4) is 0 Å². The molecule has 6 nitrogen and oxygen atoms in total. The first kappa shape index (κ1) is 16.7. The second-order valence-corrected chi connectivity index (χ2v) is 6.38. The Morgan fingerprint density at radius 2 is 1.95 bits per heavy atom. The molecule has 2 N–H and O–H groups in total. The molecule has 0 fully saturated rings. The van der Waals surface area contributed by atoms with Crippen molar-refractivity contribution in [2.75, 3.05) is 6.61 Å². The third kappa shape index (κ3) is 3.40. The fraction of sp³-hybridized carbons (Fsp3) is 0.615. The third-order valence-corrected chi connectivity index (χ3v) is 4.95. The van der Waals surface area contributed by atoms with Crippen molar-refractivity contribution in [3.63, 3.8) is 0 Å². The van der Waals surface area contributed by atoms with E-state index in [9.17, 15) is 13.2 Å². The SMILES string of the molecule is CCOC(=O)c1[nH]c(C)c(S(=O)(=O)NC(C)CC)c1C. The van der Waals surface area contributed by atoms with Crippen molar-refractivity contribution in [2.24, 2.45) is 0 Å². The van der Waals surface area contributed by atoms with Crippen LogP contribution in [0.2, 0.25) is 0 Å². The number of carbonyl (C=O) groups excluding carboxylic acids is 1. The summed E-state index contributed by atoms with van der Waals surface area (Å²) >= 11 is 0. The average molecular weight is 302 g/mol. The van der Waals surface area contributed by atoms with Crippen LogP contribution in [-0.2, 0) is 14.8 Å². The van der Waals surface area contributed by atoms with Gasteiger partial charge < -0.3 is 9.72 Å². The van der Waals surface area contributed by atoms with E-state index in [0.29, 0.717) is 17.7 Å². The Balaban J connectivity index is 3.23. The van der Waals surface area contributed by atoms with Gasteiger partial charge in [0.2, 0.25) is 10.0 Å². The minimum absolute atomic E-state index is 0.126. The van der Waals surface area contributed by atoms with Crippen LogP contribution in [0.4, 0.5) is 0 Å². The lowest BCUT2D eigenvalue weighted by Gasteiger charge is -2.12. The molecule has 7 heteroatoms. The first-order valence-electron chi connectivity index (χ1n) is 6.63. The van der Waals surface area contributed by atoms with Gasteiger partial charge in [-0.25, -0.2) is 17.9 Å². The number of hydrogen-bond donors (Lipinski definition) is 2. The standard InChI is InChI=1S/C13H22N2O4S/c1-6-8(3)15-20(17,18)12-9(4)11(14-10(12)5)13(16)19-7-2/h8,14-15H,6-7H2,1-5H3. The molecule has 1 rings (SSSR count). The summed E-state index contributed by atoms with van der Waals surface area (Å²) in [6.07, 6.45) is 0.687. The normalized spacial score (nSPS) is 13.2. The first-order valence-corrected chi connectivity index (χ1v) is 8.11. The van der Waals surface area contributed by atoms with Crippen LogP contribution in [0.25, 0.3) is 0 Å². The molecule has 1 atom stereocenters. The van der Waals surface area contributed by atoms with Crippen LogP contribution >= 0.6 is 0 Å². The Bertz CT molecular complexity index is 590. The van der Waals surface area contributed by atoms with Gasteiger partial charge in [0.25, 0.3) is 0 Å². The van der Waals surface area contributed by atoms with Crippen molar-refractivity contribution in [2.45, 2.75) is 52.0 Å². The van der Waals surface area contributed by atoms with Crippen molar-refractivity contribution >= 4 is 16.0 Å². The molecule has 20 heavy (non-hydrogen) atoms. The predicted molar refractivity (Wildman–Crippen MR) is 76.3 cm³/mol. The molecule has 0 saturated carbocycles. The summed E-state index contributed by atoms with van der Waals surface area (Å²) < 4.78 is 32.2. The molecule has 0 amide bonds. The van der Waals surface area contributed by atoms with Gasteiger partial charge in [0.1, 0.15) is 10.6 Å². The number of carbonyl (C=O) groups is 1. The molecular weight excluding hydrogens is 280 g/mol. The molecule has 0 aliphatic carbocycles. The van der Waals surface area contributed by atoms with E-state index >= 15 is 0 Å². The molecule has 0 radical (unpaired) electrons. The van der Waals surface area contributed by atoms with Gasteiger partial charge in [-0.2, -0.15) is 0 Å². The zero-order valence-corrected chi connectivity index (χ0v) is 13.3. The molecule has 0 spiro atoms. The van der Waals surface area contributed by atoms with Crippen molar-refractivity contribution in [3.8, 4) is 0 Å². The molecule has 114 valence electrons. The van der Waals surface area contributed by atoms with E-state index in [1.165, 1.54) is 0 Å². The second-order valence-electron chi connectivity index (χ2n) is 4.73. The van der Waals surface area contributed by atoms with Gasteiger partial charge in [0.15, 0.2) is 0 Å². The van der Waals surface area contributed by atoms with E-state index in [-0.39, 0.29) is 23.2 Å². The Morgan fingerprint density at radius 1 is 1.35 bits per heavy atom. The first-order chi connectivity index (χ1) is 9.24. The Labute approximate surface area is 120 Å². The maximum absolute atomic E-state index is 12.4. The summed E-state index contributed by atoms with van der Waals surface area (Å²) in [6, 6.07) is -0.167. The smallest absolute Gasteiger partial charge is 0.355 e. The van der Waals surface area contributed by atoms with Gasteiger partial charge in [-0.15, -0.1) is 0 Å². The van der Waals surface area contributed by atoms with E-state index in [2.05, 4.69) is 9.71 Å². The van der Waals surface area contributed by atoms with Gasteiger partial charge in [0.05, 0.1) is 6.61 Å². The fourth-order valence-corrected chi connectivity index (χ4v) is 3.72. The molecule has 1 aromatic rings. The molecular formula is C13H22N2O4S. The number of rotatable bonds is 6. The highest BCUT2D eigenvalue weighted by Gasteiger charge is 2.27. The van der Waals surface area contributed by atoms with Crippen LogP contribution < -0.4 is 4.72 Å². The molecule has 0 bridgehead atoms. The average Bonchev–Trinajstić information content (AvgIpc) is 2.65. The number of aryl methyl sites for hydroxylation is 1. The largest absolute Gasteiger partial charge is 0.461 e. The van der Waals surface area contributed by atoms with Gasteiger partial charge in [0, 0.05) is 17.3 Å². The highest BCUT2D eigenvalue weighted by Crippen LogP contribution is 2.24. The van der Waals surface area contributed by atoms with E-state index in [4.69, 9.17) is 4.74 Å². The van der Waals surface area contributed by atoms with Crippen LogP contribution in [-0.4, -0.2) is 32.0 Å². The molecule has 0 aliphatic rings. The van der Waals surface area contributed by atoms with Crippen molar-refractivity contribution in [1.82, 2.24) is 9.71 Å². The van der Waals surface area contributed by atoms with Gasteiger partial charge in [-0.1, -0.05) is 6.92 Å². The summed E-state index contributed by atoms with van der Waals surface area (Å²) in [6.45, 7) is 8.85. The topological polar surface area (TPSA) is 88.3 Å². The summed E-state index contributed by atoms with van der Waals surface area (Å²) in [4.78, 5) is 14.7. The van der Waals surface area contributed by atoms with E-state index in [0.717, 1.165) is 0 Å². The minimum Gasteiger partial charge on any atom is -0.461 e. The fourth-order valence-electron chi connectivity index (χ4n) is 1.95. The number of hydrogen-bond acceptors (Lipinski definition) is 4. The molecule has 0 aliphatic heterocycles. The van der Waals surface area contributed by atoms with Crippen LogP contribution in [0, 0.1) is 13.8 Å². The summed E-state index contributed by atoms with van der Waals surface area (Å²) in [7, 11) is -3.65. The highest BCUT2D eigenvalue weighted by atomic mass is 32.2. The lowest BCUT2D eigenvalue weighted by molar-refractivity contribution is 0.0519. The lowest BCUT2D eigenvalue weighted by atomic mass is 10.2. The number of esters is 1. The van der Waals surface area contributed by atoms with E-state index in [1.54, 1.807) is 27.7 Å². The summed E-state index contributed by atoms with van der Waals surface area (Å²) in [5.74, 6) is -0.543. The molecule has 0 saturated heterocycles. The number of H-pyrrole nitrogens is 1. The van der Waals surface area contributed by atoms with Gasteiger partial charge >= 0.3 is 5.97 Å². The maximum atomic E-state index is 12.4. The number of aromatic amines is 1. The zero-order chi connectivity index (χ0) is 15.5. The molecule has 1 unspecified atom stereocenters. The third-order valence-electron chi connectivity index (χ3n) is 3.09. The number of nitrogens with one attached hydrogen (secondary N) is 2. The molecule has 1 aromatic heterocycles. The van der Waals surface area contributed by atoms with Crippen LogP contribution in [0.15, 0.2) is 4.90 Å². The van der Waals surface area contributed by atoms with Gasteiger partial charge in [-0.3, -0.25) is 0 Å². The minimum atomic E-state index is -3.65. The second kappa shape index (κ2) is 6.41. The van der Waals surface area contributed by atoms with Crippen molar-refractivity contribution < 1.29 is 17.9 Å². The number of aromatic nitrogens is 1. The Hall–Kier alpha value is -1.34. The van der Waals surface area contributed by atoms with Crippen LogP contribution in [0.1, 0.15) is 48.9 Å². The van der Waals surface area contributed by atoms with Gasteiger partial charge in [-0.05, 0) is 34.1 Å². The number of sulfonamides is 1. The maximum Gasteiger partial charge on any atom is 0.355 e. The van der Waals surface area contributed by atoms with E-state index < -0.39 is 16.0 Å². The number of ether oxygens (including phenoxy) is 1.